The minimum absolute atomic E-state index is 0.0379. The Kier molecular flexibility index (Phi) is 6.13. The average Bonchev–Trinajstić information content (AvgIpc) is 2.31. The van der Waals surface area contributed by atoms with Crippen LogP contribution in [0.4, 0.5) is 0 Å². The van der Waals surface area contributed by atoms with E-state index in [0.29, 0.717) is 10.0 Å². The second kappa shape index (κ2) is 6.94. The fourth-order valence-corrected chi connectivity index (χ4v) is 2.98. The zero-order valence-corrected chi connectivity index (χ0v) is 13.8. The Bertz CT molecular complexity index is 395. The van der Waals surface area contributed by atoms with E-state index in [-0.39, 0.29) is 17.6 Å². The molecule has 0 radical (unpaired) electrons. The fourth-order valence-electron chi connectivity index (χ4n) is 2.43. The molecule has 0 amide bonds. The van der Waals surface area contributed by atoms with Crippen molar-refractivity contribution in [1.82, 2.24) is 5.32 Å². The third-order valence-corrected chi connectivity index (χ3v) is 4.04. The number of benzene rings is 1. The normalized spacial score (nSPS) is 15.3. The van der Waals surface area contributed by atoms with Crippen LogP contribution in [-0.4, -0.2) is 26.3 Å². The Morgan fingerprint density at radius 3 is 2.11 bits per heavy atom. The van der Waals surface area contributed by atoms with Gasteiger partial charge in [-0.1, -0.05) is 50.0 Å². The molecule has 0 aliphatic carbocycles. The monoisotopic (exact) mass is 303 g/mol. The fraction of sp³-hybridized carbons (Fsp3) is 0.600. The summed E-state index contributed by atoms with van der Waals surface area (Å²) in [5.74, 6) is 0. The Morgan fingerprint density at radius 2 is 1.74 bits per heavy atom. The standard InChI is InChI=1S/C15H23Cl2NO/c1-15(2,3)14(19-5)13(18-4)9-10-11(16)7-6-8-12(10)17/h6-8,13-14,18H,9H2,1-5H3. The molecule has 0 fully saturated rings. The van der Waals surface area contributed by atoms with Crippen molar-refractivity contribution >= 4 is 23.2 Å². The summed E-state index contributed by atoms with van der Waals surface area (Å²) in [4.78, 5) is 0. The van der Waals surface area contributed by atoms with E-state index in [0.717, 1.165) is 12.0 Å². The second-order valence-corrected chi connectivity index (χ2v) is 6.64. The summed E-state index contributed by atoms with van der Waals surface area (Å²) < 4.78 is 5.67. The molecule has 2 atom stereocenters. The number of methoxy groups -OCH3 is 1. The molecule has 4 heteroatoms. The highest BCUT2D eigenvalue weighted by molar-refractivity contribution is 6.36. The SMILES string of the molecule is CNC(Cc1c(Cl)cccc1Cl)C(OC)C(C)(C)C. The first-order valence-corrected chi connectivity index (χ1v) is 7.19. The lowest BCUT2D eigenvalue weighted by atomic mass is 9.82. The highest BCUT2D eigenvalue weighted by Crippen LogP contribution is 2.30. The van der Waals surface area contributed by atoms with Crippen LogP contribution in [-0.2, 0) is 11.2 Å². The molecule has 0 heterocycles. The molecule has 0 saturated heterocycles. The Morgan fingerprint density at radius 1 is 1.21 bits per heavy atom. The van der Waals surface area contributed by atoms with E-state index in [2.05, 4.69) is 26.1 Å². The van der Waals surface area contributed by atoms with Crippen LogP contribution < -0.4 is 5.32 Å². The first kappa shape index (κ1) is 16.8. The number of hydrogen-bond acceptors (Lipinski definition) is 2. The molecule has 1 aromatic carbocycles. The number of rotatable bonds is 5. The molecule has 0 aliphatic heterocycles. The van der Waals surface area contributed by atoms with Gasteiger partial charge in [0.05, 0.1) is 6.10 Å². The van der Waals surface area contributed by atoms with Gasteiger partial charge in [-0.3, -0.25) is 0 Å². The van der Waals surface area contributed by atoms with Crippen molar-refractivity contribution in [3.05, 3.63) is 33.8 Å². The molecule has 0 bridgehead atoms. The smallest absolute Gasteiger partial charge is 0.0775 e. The van der Waals surface area contributed by atoms with Crippen LogP contribution in [0.25, 0.3) is 0 Å². The number of halogens is 2. The summed E-state index contributed by atoms with van der Waals surface area (Å²) in [5, 5.41) is 4.73. The van der Waals surface area contributed by atoms with Gasteiger partial charge in [-0.2, -0.15) is 0 Å². The van der Waals surface area contributed by atoms with Gasteiger partial charge in [-0.25, -0.2) is 0 Å². The predicted molar refractivity (Wildman–Crippen MR) is 83.3 cm³/mol. The zero-order chi connectivity index (χ0) is 14.6. The lowest BCUT2D eigenvalue weighted by Gasteiger charge is -2.36. The van der Waals surface area contributed by atoms with E-state index < -0.39 is 0 Å². The lowest BCUT2D eigenvalue weighted by Crippen LogP contribution is -2.47. The van der Waals surface area contributed by atoms with Crippen LogP contribution >= 0.6 is 23.2 Å². The van der Waals surface area contributed by atoms with E-state index in [1.807, 2.05) is 25.2 Å². The molecule has 1 aromatic rings. The van der Waals surface area contributed by atoms with Crippen LogP contribution in [0.1, 0.15) is 26.3 Å². The molecule has 19 heavy (non-hydrogen) atoms. The molecule has 0 spiro atoms. The Balaban J connectivity index is 2.99. The molecule has 0 saturated carbocycles. The summed E-state index contributed by atoms with van der Waals surface area (Å²) in [6.07, 6.45) is 0.815. The second-order valence-electron chi connectivity index (χ2n) is 5.82. The van der Waals surface area contributed by atoms with Gasteiger partial charge in [0.25, 0.3) is 0 Å². The van der Waals surface area contributed by atoms with Crippen molar-refractivity contribution in [2.75, 3.05) is 14.2 Å². The van der Waals surface area contributed by atoms with Crippen LogP contribution in [0.15, 0.2) is 18.2 Å². The molecule has 1 N–H and O–H groups in total. The molecule has 2 unspecified atom stereocenters. The molecular formula is C15H23Cl2NO. The highest BCUT2D eigenvalue weighted by Gasteiger charge is 2.32. The molecule has 0 aromatic heterocycles. The lowest BCUT2D eigenvalue weighted by molar-refractivity contribution is -0.00920. The summed E-state index contributed by atoms with van der Waals surface area (Å²) >= 11 is 12.5. The highest BCUT2D eigenvalue weighted by atomic mass is 35.5. The van der Waals surface area contributed by atoms with Gasteiger partial charge in [0, 0.05) is 23.2 Å². The van der Waals surface area contributed by atoms with Gasteiger partial charge >= 0.3 is 0 Å². The minimum Gasteiger partial charge on any atom is -0.379 e. The third kappa shape index (κ3) is 4.35. The third-order valence-electron chi connectivity index (χ3n) is 3.33. The Labute approximate surface area is 126 Å². The van der Waals surface area contributed by atoms with E-state index in [1.165, 1.54) is 0 Å². The van der Waals surface area contributed by atoms with Crippen molar-refractivity contribution in [2.24, 2.45) is 5.41 Å². The van der Waals surface area contributed by atoms with Crippen LogP contribution in [0.2, 0.25) is 10.0 Å². The summed E-state index contributed by atoms with van der Waals surface area (Å²) in [6, 6.07) is 5.76. The minimum atomic E-state index is 0.0379. The Hall–Kier alpha value is -0.280. The van der Waals surface area contributed by atoms with Crippen LogP contribution in [0.5, 0.6) is 0 Å². The maximum atomic E-state index is 6.24. The van der Waals surface area contributed by atoms with Gasteiger partial charge in [0.15, 0.2) is 0 Å². The van der Waals surface area contributed by atoms with Gasteiger partial charge in [-0.05, 0) is 36.6 Å². The van der Waals surface area contributed by atoms with E-state index in [4.69, 9.17) is 27.9 Å². The van der Waals surface area contributed by atoms with Crippen molar-refractivity contribution in [1.29, 1.82) is 0 Å². The van der Waals surface area contributed by atoms with Crippen molar-refractivity contribution in [3.8, 4) is 0 Å². The van der Waals surface area contributed by atoms with E-state index in [9.17, 15) is 0 Å². The maximum absolute atomic E-state index is 6.24. The van der Waals surface area contributed by atoms with Crippen molar-refractivity contribution in [2.45, 2.75) is 39.3 Å². The largest absolute Gasteiger partial charge is 0.379 e. The molecule has 2 nitrogen and oxygen atoms in total. The van der Waals surface area contributed by atoms with Crippen molar-refractivity contribution < 1.29 is 4.74 Å². The van der Waals surface area contributed by atoms with Gasteiger partial charge in [-0.15, -0.1) is 0 Å². The number of ether oxygens (including phenoxy) is 1. The molecule has 1 rings (SSSR count). The number of likely N-dealkylation sites (N-methyl/N-ethyl adjacent to an activating group) is 1. The van der Waals surface area contributed by atoms with Crippen LogP contribution in [0.3, 0.4) is 0 Å². The topological polar surface area (TPSA) is 21.3 Å². The molecule has 0 aliphatic rings. The first-order chi connectivity index (χ1) is 8.81. The van der Waals surface area contributed by atoms with E-state index >= 15 is 0 Å². The summed E-state index contributed by atoms with van der Waals surface area (Å²) in [7, 11) is 3.68. The maximum Gasteiger partial charge on any atom is 0.0775 e. The van der Waals surface area contributed by atoms with Crippen molar-refractivity contribution in [3.63, 3.8) is 0 Å². The number of hydrogen-bond donors (Lipinski definition) is 1. The zero-order valence-electron chi connectivity index (χ0n) is 12.3. The quantitative estimate of drug-likeness (QED) is 0.881. The molecular weight excluding hydrogens is 281 g/mol. The van der Waals surface area contributed by atoms with Crippen LogP contribution in [0, 0.1) is 5.41 Å². The molecule has 108 valence electrons. The average molecular weight is 304 g/mol. The summed E-state index contributed by atoms with van der Waals surface area (Å²) in [6.45, 7) is 6.50. The number of nitrogens with one attached hydrogen (secondary N) is 1. The summed E-state index contributed by atoms with van der Waals surface area (Å²) in [5.41, 5.74) is 1.01. The van der Waals surface area contributed by atoms with Gasteiger partial charge in [0.2, 0.25) is 0 Å². The first-order valence-electron chi connectivity index (χ1n) is 6.44. The van der Waals surface area contributed by atoms with E-state index in [1.54, 1.807) is 7.11 Å². The van der Waals surface area contributed by atoms with Gasteiger partial charge < -0.3 is 10.1 Å². The predicted octanol–water partition coefficient (Wildman–Crippen LogP) is 4.19. The van der Waals surface area contributed by atoms with Gasteiger partial charge in [0.1, 0.15) is 0 Å².